The van der Waals surface area contributed by atoms with Crippen LogP contribution < -0.4 is 5.32 Å². The van der Waals surface area contributed by atoms with Crippen molar-refractivity contribution in [2.75, 3.05) is 13.2 Å². The minimum Gasteiger partial charge on any atom is -0.466 e. The molecule has 7 heteroatoms. The number of allylic oxidation sites excluding steroid dienone is 1. The fourth-order valence-electron chi connectivity index (χ4n) is 4.37. The molecule has 33 heavy (non-hydrogen) atoms. The third kappa shape index (κ3) is 6.83. The minimum absolute atomic E-state index is 0.0331. The summed E-state index contributed by atoms with van der Waals surface area (Å²) in [6, 6.07) is 8.60. The Morgan fingerprint density at radius 1 is 0.879 bits per heavy atom. The zero-order valence-corrected chi connectivity index (χ0v) is 20.5. The van der Waals surface area contributed by atoms with E-state index in [0.717, 1.165) is 11.1 Å². The number of nitrogens with one attached hydrogen (secondary N) is 1. The molecule has 1 aromatic carbocycles. The van der Waals surface area contributed by atoms with E-state index in [1.807, 2.05) is 64.1 Å². The third-order valence-electron chi connectivity index (χ3n) is 5.94. The second-order valence-corrected chi connectivity index (χ2v) is 8.88. The van der Waals surface area contributed by atoms with Crippen LogP contribution in [0.2, 0.25) is 0 Å². The van der Waals surface area contributed by atoms with Crippen molar-refractivity contribution in [3.05, 3.63) is 47.5 Å². The van der Waals surface area contributed by atoms with Crippen LogP contribution in [0.15, 0.2) is 42.0 Å². The molecule has 1 aliphatic carbocycles. The first kappa shape index (κ1) is 26.4. The Morgan fingerprint density at radius 2 is 1.45 bits per heavy atom. The van der Waals surface area contributed by atoms with E-state index < -0.39 is 35.9 Å². The summed E-state index contributed by atoms with van der Waals surface area (Å²) in [6.45, 7) is 11.9. The van der Waals surface area contributed by atoms with E-state index in [2.05, 4.69) is 5.32 Å². The predicted octanol–water partition coefficient (Wildman–Crippen LogP) is 4.51. The van der Waals surface area contributed by atoms with Crippen molar-refractivity contribution in [1.82, 2.24) is 5.32 Å². The van der Waals surface area contributed by atoms with Crippen molar-refractivity contribution >= 4 is 18.0 Å². The molecular formula is C26H37NO6. The highest BCUT2D eigenvalue weighted by Gasteiger charge is 2.51. The molecule has 0 saturated heterocycles. The topological polar surface area (TPSA) is 90.9 Å². The molecule has 7 nitrogen and oxygen atoms in total. The molecule has 0 heterocycles. The maximum absolute atomic E-state index is 13.2. The molecule has 0 bridgehead atoms. The molecule has 0 fully saturated rings. The van der Waals surface area contributed by atoms with E-state index in [0.29, 0.717) is 0 Å². The first-order chi connectivity index (χ1) is 15.7. The van der Waals surface area contributed by atoms with Gasteiger partial charge in [0.15, 0.2) is 0 Å². The average molecular weight is 460 g/mol. The lowest BCUT2D eigenvalue weighted by Crippen LogP contribution is -2.55. The summed E-state index contributed by atoms with van der Waals surface area (Å²) in [4.78, 5) is 39.0. The molecule has 2 rings (SSSR count). The number of hydrogen-bond acceptors (Lipinski definition) is 6. The molecule has 0 radical (unpaired) electrons. The van der Waals surface area contributed by atoms with Gasteiger partial charge in [0.25, 0.3) is 0 Å². The Labute approximate surface area is 196 Å². The number of rotatable bonds is 9. The highest BCUT2D eigenvalue weighted by atomic mass is 16.6. The quantitative estimate of drug-likeness (QED) is 0.332. The van der Waals surface area contributed by atoms with Gasteiger partial charge in [0.2, 0.25) is 0 Å². The maximum Gasteiger partial charge on any atom is 0.407 e. The van der Waals surface area contributed by atoms with Crippen LogP contribution in [0.4, 0.5) is 4.79 Å². The van der Waals surface area contributed by atoms with Crippen LogP contribution in [0.3, 0.4) is 0 Å². The number of carbonyl (C=O) groups is 3. The molecule has 0 saturated carbocycles. The van der Waals surface area contributed by atoms with E-state index in [-0.39, 0.29) is 37.6 Å². The van der Waals surface area contributed by atoms with E-state index >= 15 is 0 Å². The van der Waals surface area contributed by atoms with Gasteiger partial charge in [-0.2, -0.15) is 0 Å². The molecule has 4 atom stereocenters. The van der Waals surface area contributed by atoms with Crippen LogP contribution >= 0.6 is 0 Å². The van der Waals surface area contributed by atoms with E-state index in [9.17, 15) is 14.4 Å². The molecular weight excluding hydrogens is 422 g/mol. The maximum atomic E-state index is 13.2. The van der Waals surface area contributed by atoms with Crippen molar-refractivity contribution in [3.8, 4) is 0 Å². The number of alkyl carbamates (subject to hydrolysis) is 1. The highest BCUT2D eigenvalue weighted by Crippen LogP contribution is 2.42. The van der Waals surface area contributed by atoms with Gasteiger partial charge in [0.05, 0.1) is 31.1 Å². The normalized spacial score (nSPS) is 22.5. The van der Waals surface area contributed by atoms with Gasteiger partial charge in [-0.25, -0.2) is 4.79 Å². The summed E-state index contributed by atoms with van der Waals surface area (Å²) in [5, 5.41) is 2.86. The second kappa shape index (κ2) is 12.4. The number of ether oxygens (including phenoxy) is 3. The zero-order valence-electron chi connectivity index (χ0n) is 20.5. The van der Waals surface area contributed by atoms with Gasteiger partial charge >= 0.3 is 18.0 Å². The Bertz CT molecular complexity index is 832. The lowest BCUT2D eigenvalue weighted by atomic mass is 9.65. The number of carbonyl (C=O) groups excluding carboxylic acids is 3. The Kier molecular flexibility index (Phi) is 9.95. The standard InChI is InChI=1S/C26H37NO6/c1-7-31-24(28)21-19(16(3)4)14-20(17(5)6)23(22(21)25(29)32-8-2)27-26(30)33-15-18-12-10-9-11-13-18/h9-14,16-17,19,21-23H,7-8,15H2,1-6H3,(H,27,30)/t19-,21+,22-,23-/m1/s1. The number of amides is 1. The summed E-state index contributed by atoms with van der Waals surface area (Å²) in [6.07, 6.45) is 1.37. The first-order valence-electron chi connectivity index (χ1n) is 11.7. The monoisotopic (exact) mass is 459 g/mol. The van der Waals surface area contributed by atoms with Crippen LogP contribution in [-0.2, 0) is 30.4 Å². The van der Waals surface area contributed by atoms with Crippen molar-refractivity contribution in [2.24, 2.45) is 29.6 Å². The van der Waals surface area contributed by atoms with Gasteiger partial charge in [-0.15, -0.1) is 0 Å². The number of hydrogen-bond donors (Lipinski definition) is 1. The fourth-order valence-corrected chi connectivity index (χ4v) is 4.37. The van der Waals surface area contributed by atoms with Crippen LogP contribution in [0.5, 0.6) is 0 Å². The third-order valence-corrected chi connectivity index (χ3v) is 5.94. The van der Waals surface area contributed by atoms with E-state index in [1.54, 1.807) is 13.8 Å². The van der Waals surface area contributed by atoms with Gasteiger partial charge < -0.3 is 19.5 Å². The van der Waals surface area contributed by atoms with Crippen molar-refractivity contribution < 1.29 is 28.6 Å². The van der Waals surface area contributed by atoms with Crippen LogP contribution in [0, 0.1) is 29.6 Å². The lowest BCUT2D eigenvalue weighted by Gasteiger charge is -2.42. The van der Waals surface area contributed by atoms with Crippen molar-refractivity contribution in [2.45, 2.75) is 54.2 Å². The summed E-state index contributed by atoms with van der Waals surface area (Å²) in [5.41, 5.74) is 1.73. The molecule has 0 spiro atoms. The van der Waals surface area contributed by atoms with Gasteiger partial charge in [-0.3, -0.25) is 9.59 Å². The predicted molar refractivity (Wildman–Crippen MR) is 125 cm³/mol. The Balaban J connectivity index is 2.42. The van der Waals surface area contributed by atoms with Crippen molar-refractivity contribution in [1.29, 1.82) is 0 Å². The summed E-state index contributed by atoms with van der Waals surface area (Å²) >= 11 is 0. The van der Waals surface area contributed by atoms with Gasteiger partial charge in [0.1, 0.15) is 6.61 Å². The van der Waals surface area contributed by atoms with E-state index in [4.69, 9.17) is 14.2 Å². The first-order valence-corrected chi connectivity index (χ1v) is 11.7. The number of benzene rings is 1. The molecule has 0 aromatic heterocycles. The van der Waals surface area contributed by atoms with Gasteiger partial charge in [-0.05, 0) is 42.7 Å². The molecule has 1 aliphatic rings. The molecule has 1 aromatic rings. The lowest BCUT2D eigenvalue weighted by molar-refractivity contribution is -0.164. The average Bonchev–Trinajstić information content (AvgIpc) is 2.77. The van der Waals surface area contributed by atoms with Gasteiger partial charge in [0, 0.05) is 0 Å². The fraction of sp³-hybridized carbons (Fsp3) is 0.577. The number of esters is 2. The summed E-state index contributed by atoms with van der Waals surface area (Å²) in [7, 11) is 0. The molecule has 0 unspecified atom stereocenters. The van der Waals surface area contributed by atoms with Crippen molar-refractivity contribution in [3.63, 3.8) is 0 Å². The Morgan fingerprint density at radius 3 is 1.97 bits per heavy atom. The minimum atomic E-state index is -0.914. The molecule has 182 valence electrons. The molecule has 0 aliphatic heterocycles. The van der Waals surface area contributed by atoms with Crippen LogP contribution in [0.25, 0.3) is 0 Å². The molecule has 1 amide bonds. The van der Waals surface area contributed by atoms with Gasteiger partial charge in [-0.1, -0.05) is 64.1 Å². The Hall–Kier alpha value is -2.83. The zero-order chi connectivity index (χ0) is 24.5. The summed E-state index contributed by atoms with van der Waals surface area (Å²) < 4.78 is 16.1. The molecule has 1 N–H and O–H groups in total. The van der Waals surface area contributed by atoms with E-state index in [1.165, 1.54) is 0 Å². The second-order valence-electron chi connectivity index (χ2n) is 8.88. The van der Waals surface area contributed by atoms with Crippen LogP contribution in [-0.4, -0.2) is 37.3 Å². The SMILES string of the molecule is CCOC(=O)[C@@H]1[C@@H](C(=O)OCC)[C@@H](C(C)C)C=C(C(C)C)[C@H]1NC(=O)OCc1ccccc1. The largest absolute Gasteiger partial charge is 0.466 e. The summed E-state index contributed by atoms with van der Waals surface area (Å²) in [5.74, 6) is -2.79. The van der Waals surface area contributed by atoms with Crippen LogP contribution in [0.1, 0.15) is 47.1 Å². The highest BCUT2D eigenvalue weighted by molar-refractivity contribution is 5.85. The smallest absolute Gasteiger partial charge is 0.407 e.